The summed E-state index contributed by atoms with van der Waals surface area (Å²) in [4.78, 5) is 15.8. The first-order chi connectivity index (χ1) is 11.2. The van der Waals surface area contributed by atoms with Crippen LogP contribution < -0.4 is 9.64 Å². The van der Waals surface area contributed by atoms with Crippen LogP contribution in [-0.2, 0) is 11.3 Å². The van der Waals surface area contributed by atoms with Crippen LogP contribution in [0, 0.1) is 6.92 Å². The minimum atomic E-state index is 0.0668. The molecule has 0 amide bonds. The molecule has 2 aromatic rings. The van der Waals surface area contributed by atoms with Crippen molar-refractivity contribution in [1.82, 2.24) is 25.1 Å². The van der Waals surface area contributed by atoms with Crippen molar-refractivity contribution in [2.45, 2.75) is 38.8 Å². The fourth-order valence-electron chi connectivity index (χ4n) is 2.86. The molecular weight excluding hydrogens is 296 g/mol. The number of aromatic amines is 1. The van der Waals surface area contributed by atoms with Crippen LogP contribution in [0.2, 0.25) is 0 Å². The number of nitrogens with one attached hydrogen (secondary N) is 1. The highest BCUT2D eigenvalue weighted by atomic mass is 16.5. The number of hydrogen-bond donors (Lipinski definition) is 1. The Bertz CT molecular complexity index is 659. The number of aromatic nitrogens is 5. The second kappa shape index (κ2) is 6.91. The fourth-order valence-corrected chi connectivity index (χ4v) is 2.86. The van der Waals surface area contributed by atoms with E-state index in [1.54, 1.807) is 14.2 Å². The SMILES string of the molecule is COCc1nc(C2CCCCN2c2nc(C)cc(OC)n2)n[nH]1. The molecule has 0 spiro atoms. The molecule has 1 atom stereocenters. The van der Waals surface area contributed by atoms with Gasteiger partial charge in [-0.3, -0.25) is 5.10 Å². The largest absolute Gasteiger partial charge is 0.481 e. The monoisotopic (exact) mass is 318 g/mol. The Balaban J connectivity index is 1.90. The third kappa shape index (κ3) is 3.42. The number of piperidine rings is 1. The van der Waals surface area contributed by atoms with E-state index in [-0.39, 0.29) is 6.04 Å². The molecule has 1 aliphatic rings. The second-order valence-electron chi connectivity index (χ2n) is 5.63. The molecule has 0 aromatic carbocycles. The molecule has 0 radical (unpaired) electrons. The minimum absolute atomic E-state index is 0.0668. The predicted molar refractivity (Wildman–Crippen MR) is 84.4 cm³/mol. The molecule has 0 aliphatic carbocycles. The van der Waals surface area contributed by atoms with Gasteiger partial charge in [-0.1, -0.05) is 0 Å². The Morgan fingerprint density at radius 1 is 1.26 bits per heavy atom. The summed E-state index contributed by atoms with van der Waals surface area (Å²) >= 11 is 0. The topological polar surface area (TPSA) is 89.1 Å². The van der Waals surface area contributed by atoms with Gasteiger partial charge in [0.05, 0.1) is 13.2 Å². The van der Waals surface area contributed by atoms with Gasteiger partial charge in [-0.25, -0.2) is 9.97 Å². The van der Waals surface area contributed by atoms with Gasteiger partial charge in [0.2, 0.25) is 11.8 Å². The molecule has 3 rings (SSSR count). The zero-order valence-corrected chi connectivity index (χ0v) is 13.7. The number of methoxy groups -OCH3 is 2. The maximum Gasteiger partial charge on any atom is 0.229 e. The molecule has 1 N–H and O–H groups in total. The van der Waals surface area contributed by atoms with Crippen LogP contribution in [0.5, 0.6) is 5.88 Å². The van der Waals surface area contributed by atoms with Crippen molar-refractivity contribution in [3.8, 4) is 5.88 Å². The zero-order valence-electron chi connectivity index (χ0n) is 13.7. The Morgan fingerprint density at radius 3 is 2.91 bits per heavy atom. The third-order valence-corrected chi connectivity index (χ3v) is 3.92. The third-order valence-electron chi connectivity index (χ3n) is 3.92. The van der Waals surface area contributed by atoms with Crippen molar-refractivity contribution in [3.63, 3.8) is 0 Å². The first-order valence-electron chi connectivity index (χ1n) is 7.77. The Hall–Kier alpha value is -2.22. The van der Waals surface area contributed by atoms with Gasteiger partial charge in [0.1, 0.15) is 6.61 Å². The number of aryl methyl sites for hydroxylation is 1. The first-order valence-corrected chi connectivity index (χ1v) is 7.77. The molecule has 8 heteroatoms. The minimum Gasteiger partial charge on any atom is -0.481 e. The normalized spacial score (nSPS) is 18.2. The van der Waals surface area contributed by atoms with Crippen molar-refractivity contribution in [3.05, 3.63) is 23.4 Å². The highest BCUT2D eigenvalue weighted by Crippen LogP contribution is 2.32. The maximum atomic E-state index is 5.27. The van der Waals surface area contributed by atoms with Crippen LogP contribution in [0.15, 0.2) is 6.07 Å². The summed E-state index contributed by atoms with van der Waals surface area (Å²) in [6.07, 6.45) is 3.22. The first kappa shape index (κ1) is 15.7. The van der Waals surface area contributed by atoms with Crippen LogP contribution in [0.1, 0.15) is 42.6 Å². The second-order valence-corrected chi connectivity index (χ2v) is 5.63. The van der Waals surface area contributed by atoms with E-state index in [1.165, 1.54) is 0 Å². The van der Waals surface area contributed by atoms with E-state index in [4.69, 9.17) is 9.47 Å². The van der Waals surface area contributed by atoms with E-state index in [0.29, 0.717) is 18.4 Å². The molecule has 1 saturated heterocycles. The molecule has 8 nitrogen and oxygen atoms in total. The lowest BCUT2D eigenvalue weighted by molar-refractivity contribution is 0.178. The van der Waals surface area contributed by atoms with Crippen LogP contribution in [-0.4, -0.2) is 45.9 Å². The molecule has 124 valence electrons. The lowest BCUT2D eigenvalue weighted by Crippen LogP contribution is -2.35. The number of ether oxygens (including phenoxy) is 2. The number of hydrogen-bond acceptors (Lipinski definition) is 7. The zero-order chi connectivity index (χ0) is 16.2. The van der Waals surface area contributed by atoms with Crippen LogP contribution >= 0.6 is 0 Å². The molecule has 1 unspecified atom stereocenters. The Kier molecular flexibility index (Phi) is 4.71. The Morgan fingerprint density at radius 2 is 2.13 bits per heavy atom. The van der Waals surface area contributed by atoms with Gasteiger partial charge in [-0.05, 0) is 26.2 Å². The summed E-state index contributed by atoms with van der Waals surface area (Å²) in [5, 5.41) is 7.29. The fraction of sp³-hybridized carbons (Fsp3) is 0.600. The van der Waals surface area contributed by atoms with Crippen LogP contribution in [0.4, 0.5) is 5.95 Å². The summed E-state index contributed by atoms with van der Waals surface area (Å²) in [6, 6.07) is 1.89. The van der Waals surface area contributed by atoms with Crippen LogP contribution in [0.25, 0.3) is 0 Å². The van der Waals surface area contributed by atoms with Crippen molar-refractivity contribution in [2.75, 3.05) is 25.7 Å². The lowest BCUT2D eigenvalue weighted by atomic mass is 10.0. The maximum absolute atomic E-state index is 5.27. The summed E-state index contributed by atoms with van der Waals surface area (Å²) in [6.45, 7) is 3.25. The van der Waals surface area contributed by atoms with E-state index in [1.807, 2.05) is 13.0 Å². The van der Waals surface area contributed by atoms with Crippen molar-refractivity contribution in [1.29, 1.82) is 0 Å². The summed E-state index contributed by atoms with van der Waals surface area (Å²) in [5.74, 6) is 2.74. The Labute approximate surface area is 135 Å². The van der Waals surface area contributed by atoms with Gasteiger partial charge in [0, 0.05) is 25.4 Å². The van der Waals surface area contributed by atoms with Gasteiger partial charge in [0.15, 0.2) is 11.6 Å². The number of nitrogens with zero attached hydrogens (tertiary/aromatic N) is 5. The molecule has 1 aliphatic heterocycles. The molecule has 23 heavy (non-hydrogen) atoms. The molecule has 2 aromatic heterocycles. The molecular formula is C15H22N6O2. The van der Waals surface area contributed by atoms with Gasteiger partial charge < -0.3 is 14.4 Å². The summed E-state index contributed by atoms with van der Waals surface area (Å²) in [7, 11) is 3.26. The predicted octanol–water partition coefficient (Wildman–Crippen LogP) is 1.79. The average Bonchev–Trinajstić information content (AvgIpc) is 3.03. The van der Waals surface area contributed by atoms with Crippen molar-refractivity contribution in [2.24, 2.45) is 0 Å². The van der Waals surface area contributed by atoms with Crippen molar-refractivity contribution < 1.29 is 9.47 Å². The summed E-state index contributed by atoms with van der Waals surface area (Å²) < 4.78 is 10.4. The summed E-state index contributed by atoms with van der Waals surface area (Å²) in [5.41, 5.74) is 0.881. The van der Waals surface area contributed by atoms with E-state index in [2.05, 4.69) is 30.0 Å². The smallest absolute Gasteiger partial charge is 0.229 e. The highest BCUT2D eigenvalue weighted by molar-refractivity contribution is 5.37. The van der Waals surface area contributed by atoms with E-state index in [9.17, 15) is 0 Å². The molecule has 1 fully saturated rings. The standard InChI is InChI=1S/C15H22N6O2/c1-10-8-13(23-3)18-15(16-10)21-7-5-4-6-11(21)14-17-12(9-22-2)19-20-14/h8,11H,4-7,9H2,1-3H3,(H,17,19,20). The van der Waals surface area contributed by atoms with E-state index >= 15 is 0 Å². The van der Waals surface area contributed by atoms with Gasteiger partial charge in [-0.15, -0.1) is 0 Å². The van der Waals surface area contributed by atoms with E-state index in [0.717, 1.165) is 43.1 Å². The number of H-pyrrole nitrogens is 1. The van der Waals surface area contributed by atoms with Crippen LogP contribution in [0.3, 0.4) is 0 Å². The van der Waals surface area contributed by atoms with Gasteiger partial charge in [-0.2, -0.15) is 10.1 Å². The number of rotatable bonds is 5. The van der Waals surface area contributed by atoms with Gasteiger partial charge >= 0.3 is 0 Å². The molecule has 0 bridgehead atoms. The lowest BCUT2D eigenvalue weighted by Gasteiger charge is -2.34. The molecule has 0 saturated carbocycles. The van der Waals surface area contributed by atoms with E-state index < -0.39 is 0 Å². The van der Waals surface area contributed by atoms with Gasteiger partial charge in [0.25, 0.3) is 0 Å². The highest BCUT2D eigenvalue weighted by Gasteiger charge is 2.29. The quantitative estimate of drug-likeness (QED) is 0.899. The number of anilines is 1. The average molecular weight is 318 g/mol. The van der Waals surface area contributed by atoms with Crippen molar-refractivity contribution >= 4 is 5.95 Å². The molecule has 3 heterocycles.